The van der Waals surface area contributed by atoms with Gasteiger partial charge in [0.05, 0.1) is 10.4 Å². The summed E-state index contributed by atoms with van der Waals surface area (Å²) in [5.74, 6) is 0.998. The molecule has 2 fully saturated rings. The summed E-state index contributed by atoms with van der Waals surface area (Å²) in [7, 11) is -3.44. The molecule has 0 radical (unpaired) electrons. The quantitative estimate of drug-likeness (QED) is 0.821. The van der Waals surface area contributed by atoms with E-state index in [1.807, 2.05) is 25.1 Å². The normalized spacial score (nSPS) is 22.7. The number of piperidine rings is 2. The highest BCUT2D eigenvalue weighted by molar-refractivity contribution is 7.89. The van der Waals surface area contributed by atoms with E-state index in [9.17, 15) is 8.42 Å². The number of hydrogen-bond donors (Lipinski definition) is 0. The number of nitrogens with zero attached hydrogens (tertiary/aromatic N) is 3. The highest BCUT2D eigenvalue weighted by Crippen LogP contribution is 2.28. The third-order valence-electron chi connectivity index (χ3n) is 5.67. The van der Waals surface area contributed by atoms with E-state index < -0.39 is 10.0 Å². The van der Waals surface area contributed by atoms with Crippen LogP contribution in [0.5, 0.6) is 0 Å². The van der Waals surface area contributed by atoms with Crippen molar-refractivity contribution in [2.45, 2.75) is 56.4 Å². The van der Waals surface area contributed by atoms with Crippen LogP contribution in [0.1, 0.15) is 45.4 Å². The molecule has 3 heterocycles. The van der Waals surface area contributed by atoms with Crippen molar-refractivity contribution in [1.29, 1.82) is 0 Å². The second kappa shape index (κ2) is 7.16. The van der Waals surface area contributed by atoms with Crippen LogP contribution in [-0.4, -0.2) is 43.4 Å². The summed E-state index contributed by atoms with van der Waals surface area (Å²) in [5.41, 5.74) is 0.860. The van der Waals surface area contributed by atoms with Crippen LogP contribution in [0.25, 0.3) is 10.9 Å². The summed E-state index contributed by atoms with van der Waals surface area (Å²) >= 11 is 0. The first-order chi connectivity index (χ1) is 12.6. The van der Waals surface area contributed by atoms with Gasteiger partial charge in [0.1, 0.15) is 5.82 Å². The topological polar surface area (TPSA) is 53.5 Å². The fourth-order valence-corrected chi connectivity index (χ4v) is 5.85. The molecule has 0 N–H and O–H groups in total. The smallest absolute Gasteiger partial charge is 0.243 e. The van der Waals surface area contributed by atoms with Crippen molar-refractivity contribution in [3.05, 3.63) is 30.3 Å². The highest BCUT2D eigenvalue weighted by Gasteiger charge is 2.31. The maximum Gasteiger partial charge on any atom is 0.243 e. The minimum absolute atomic E-state index is 0.0732. The summed E-state index contributed by atoms with van der Waals surface area (Å²) in [4.78, 5) is 7.47. The maximum atomic E-state index is 13.1. The number of hydrogen-bond acceptors (Lipinski definition) is 4. The average Bonchev–Trinajstić information content (AvgIpc) is 2.68. The van der Waals surface area contributed by atoms with Gasteiger partial charge in [-0.2, -0.15) is 4.31 Å². The molecule has 0 bridgehead atoms. The first kappa shape index (κ1) is 17.7. The van der Waals surface area contributed by atoms with E-state index in [-0.39, 0.29) is 6.04 Å². The van der Waals surface area contributed by atoms with E-state index in [4.69, 9.17) is 4.98 Å². The molecular weight excluding hydrogens is 346 g/mol. The first-order valence-electron chi connectivity index (χ1n) is 9.73. The fourth-order valence-electron chi connectivity index (χ4n) is 4.12. The fraction of sp³-hybridized carbons (Fsp3) is 0.550. The molecule has 1 aromatic carbocycles. The van der Waals surface area contributed by atoms with E-state index in [0.29, 0.717) is 11.4 Å². The van der Waals surface area contributed by atoms with Gasteiger partial charge >= 0.3 is 0 Å². The lowest BCUT2D eigenvalue weighted by Crippen LogP contribution is -2.41. The maximum absolute atomic E-state index is 13.1. The molecule has 0 spiro atoms. The zero-order chi connectivity index (χ0) is 18.1. The van der Waals surface area contributed by atoms with Crippen molar-refractivity contribution in [1.82, 2.24) is 9.29 Å². The van der Waals surface area contributed by atoms with Gasteiger partial charge in [-0.1, -0.05) is 6.42 Å². The van der Waals surface area contributed by atoms with Crippen molar-refractivity contribution < 1.29 is 8.42 Å². The predicted molar refractivity (Wildman–Crippen MR) is 105 cm³/mol. The van der Waals surface area contributed by atoms with Crippen LogP contribution in [0.3, 0.4) is 0 Å². The van der Waals surface area contributed by atoms with Gasteiger partial charge in [-0.05, 0) is 69.4 Å². The summed E-state index contributed by atoms with van der Waals surface area (Å²) in [5, 5.41) is 0.886. The molecule has 1 aromatic heterocycles. The predicted octanol–water partition coefficient (Wildman–Crippen LogP) is 3.79. The third-order valence-corrected chi connectivity index (χ3v) is 7.68. The second-order valence-corrected chi connectivity index (χ2v) is 9.42. The van der Waals surface area contributed by atoms with Crippen LogP contribution in [-0.2, 0) is 10.0 Å². The number of aromatic nitrogens is 1. The molecule has 2 aliphatic heterocycles. The van der Waals surface area contributed by atoms with E-state index in [1.54, 1.807) is 16.4 Å². The molecule has 0 amide bonds. The standard InChI is InChI=1S/C20H27N3O2S/c1-16-7-3-6-14-23(16)26(24,25)18-9-10-19-17(15-18)8-11-20(21-19)22-12-4-2-5-13-22/h8-11,15-16H,2-7,12-14H2,1H3/t16-/m1/s1. The van der Waals surface area contributed by atoms with Crippen molar-refractivity contribution in [3.63, 3.8) is 0 Å². The van der Waals surface area contributed by atoms with E-state index in [0.717, 1.165) is 49.1 Å². The Morgan fingerprint density at radius 3 is 2.50 bits per heavy atom. The molecule has 26 heavy (non-hydrogen) atoms. The molecule has 0 saturated carbocycles. The SMILES string of the molecule is C[C@@H]1CCCCN1S(=O)(=O)c1ccc2nc(N3CCCCC3)ccc2c1. The summed E-state index contributed by atoms with van der Waals surface area (Å²) in [6, 6.07) is 9.44. The minimum atomic E-state index is -3.44. The lowest BCUT2D eigenvalue weighted by Gasteiger charge is -2.32. The minimum Gasteiger partial charge on any atom is -0.357 e. The van der Waals surface area contributed by atoms with Crippen LogP contribution < -0.4 is 4.90 Å². The molecule has 2 saturated heterocycles. The Bertz CT molecular complexity index is 891. The van der Waals surface area contributed by atoms with Crippen LogP contribution in [0, 0.1) is 0 Å². The van der Waals surface area contributed by atoms with Crippen molar-refractivity contribution >= 4 is 26.7 Å². The molecule has 6 heteroatoms. The largest absolute Gasteiger partial charge is 0.357 e. The number of benzene rings is 1. The molecule has 140 valence electrons. The summed E-state index contributed by atoms with van der Waals surface area (Å²) < 4.78 is 27.8. The number of fused-ring (bicyclic) bond motifs is 1. The Morgan fingerprint density at radius 2 is 1.73 bits per heavy atom. The lowest BCUT2D eigenvalue weighted by molar-refractivity contribution is 0.268. The molecular formula is C20H27N3O2S. The van der Waals surface area contributed by atoms with Gasteiger partial charge in [0, 0.05) is 31.1 Å². The molecule has 1 atom stereocenters. The highest BCUT2D eigenvalue weighted by atomic mass is 32.2. The summed E-state index contributed by atoms with van der Waals surface area (Å²) in [6.07, 6.45) is 6.70. The van der Waals surface area contributed by atoms with Gasteiger partial charge < -0.3 is 4.90 Å². The van der Waals surface area contributed by atoms with E-state index in [1.165, 1.54) is 19.3 Å². The Morgan fingerprint density at radius 1 is 0.962 bits per heavy atom. The van der Waals surface area contributed by atoms with Gasteiger partial charge in [-0.3, -0.25) is 0 Å². The molecule has 0 aliphatic carbocycles. The van der Waals surface area contributed by atoms with Crippen molar-refractivity contribution in [2.24, 2.45) is 0 Å². The van der Waals surface area contributed by atoms with E-state index in [2.05, 4.69) is 4.90 Å². The molecule has 0 unspecified atom stereocenters. The average molecular weight is 374 g/mol. The van der Waals surface area contributed by atoms with Crippen LogP contribution in [0.2, 0.25) is 0 Å². The number of rotatable bonds is 3. The molecule has 2 aliphatic rings. The number of sulfonamides is 1. The van der Waals surface area contributed by atoms with Gasteiger partial charge in [0.25, 0.3) is 0 Å². The zero-order valence-corrected chi connectivity index (χ0v) is 16.2. The van der Waals surface area contributed by atoms with Gasteiger partial charge in [0.15, 0.2) is 0 Å². The van der Waals surface area contributed by atoms with Crippen LogP contribution >= 0.6 is 0 Å². The van der Waals surface area contributed by atoms with Crippen LogP contribution in [0.15, 0.2) is 35.2 Å². The van der Waals surface area contributed by atoms with Crippen molar-refractivity contribution in [3.8, 4) is 0 Å². The van der Waals surface area contributed by atoms with Crippen LogP contribution in [0.4, 0.5) is 5.82 Å². The van der Waals surface area contributed by atoms with Crippen molar-refractivity contribution in [2.75, 3.05) is 24.5 Å². The molecule has 4 rings (SSSR count). The lowest BCUT2D eigenvalue weighted by atomic mass is 10.1. The summed E-state index contributed by atoms with van der Waals surface area (Å²) in [6.45, 7) is 4.73. The first-order valence-corrected chi connectivity index (χ1v) is 11.2. The Labute approximate surface area is 156 Å². The second-order valence-electron chi connectivity index (χ2n) is 7.53. The third kappa shape index (κ3) is 3.32. The zero-order valence-electron chi connectivity index (χ0n) is 15.4. The number of pyridine rings is 1. The Kier molecular flexibility index (Phi) is 4.88. The van der Waals surface area contributed by atoms with Gasteiger partial charge in [-0.15, -0.1) is 0 Å². The van der Waals surface area contributed by atoms with Gasteiger partial charge in [0.2, 0.25) is 10.0 Å². The Hall–Kier alpha value is -1.66. The number of anilines is 1. The molecule has 2 aromatic rings. The molecule has 5 nitrogen and oxygen atoms in total. The van der Waals surface area contributed by atoms with Gasteiger partial charge in [-0.25, -0.2) is 13.4 Å². The van der Waals surface area contributed by atoms with E-state index >= 15 is 0 Å². The monoisotopic (exact) mass is 373 g/mol. The Balaban J connectivity index is 1.65.